The largest absolute Gasteiger partial charge is 0.355 e. The van der Waals surface area contributed by atoms with Crippen LogP contribution in [0.15, 0.2) is 146 Å². The minimum absolute atomic E-state index is 0.00240. The predicted molar refractivity (Wildman–Crippen MR) is 287 cm³/mol. The Kier molecular flexibility index (Phi) is 15.0. The molecule has 0 radical (unpaired) electrons. The Bertz CT molecular complexity index is 3080. The molecule has 4 aliphatic rings. The lowest BCUT2D eigenvalue weighted by Gasteiger charge is -2.33. The Morgan fingerprint density at radius 1 is 0.347 bits per heavy atom. The number of carbonyl (C=O) groups is 6. The molecule has 372 valence electrons. The SMILES string of the molecule is O=C(NCCC(=O)N1Cc2ccccc2C#Cc2ccccc21)C1CC(C(=O)NCCC(=O)N2Cc3ccccc3C#Cc3ccccc32)CC(C(=O)NCCC(=O)N2Cc3ccccc3C#Cc3ccccc32)C1. The first-order valence-electron chi connectivity index (χ1n) is 25.5. The number of nitrogens with zero attached hydrogens (tertiary/aromatic N) is 3. The summed E-state index contributed by atoms with van der Waals surface area (Å²) in [6, 6.07) is 45.6. The first kappa shape index (κ1) is 49.4. The van der Waals surface area contributed by atoms with Crippen LogP contribution in [0.3, 0.4) is 0 Å². The Morgan fingerprint density at radius 2 is 0.587 bits per heavy atom. The van der Waals surface area contributed by atoms with Crippen LogP contribution in [0.1, 0.15) is 88.6 Å². The summed E-state index contributed by atoms with van der Waals surface area (Å²) in [4.78, 5) is 89.6. The van der Waals surface area contributed by atoms with Crippen LogP contribution in [-0.2, 0) is 48.4 Å². The molecule has 6 amide bonds. The highest BCUT2D eigenvalue weighted by molar-refractivity contribution is 5.98. The van der Waals surface area contributed by atoms with E-state index in [1.54, 1.807) is 14.7 Å². The number of hydrogen-bond donors (Lipinski definition) is 3. The monoisotopic (exact) mass is 990 g/mol. The van der Waals surface area contributed by atoms with Crippen molar-refractivity contribution in [1.82, 2.24) is 16.0 Å². The highest BCUT2D eigenvalue weighted by Gasteiger charge is 2.39. The quantitative estimate of drug-likeness (QED) is 0.109. The van der Waals surface area contributed by atoms with Crippen LogP contribution in [0.4, 0.5) is 17.1 Å². The molecule has 1 saturated carbocycles. The zero-order chi connectivity index (χ0) is 51.7. The van der Waals surface area contributed by atoms with Gasteiger partial charge in [-0.2, -0.15) is 0 Å². The fraction of sp³-hybridized carbons (Fsp3) is 0.238. The number of para-hydroxylation sites is 3. The average Bonchev–Trinajstić information content (AvgIpc) is 3.42. The summed E-state index contributed by atoms with van der Waals surface area (Å²) in [5.74, 6) is 15.4. The zero-order valence-electron chi connectivity index (χ0n) is 41.4. The van der Waals surface area contributed by atoms with Crippen LogP contribution in [0.5, 0.6) is 0 Å². The topological polar surface area (TPSA) is 148 Å². The smallest absolute Gasteiger partial charge is 0.229 e. The number of nitrogens with one attached hydrogen (secondary N) is 3. The third kappa shape index (κ3) is 11.4. The lowest BCUT2D eigenvalue weighted by Crippen LogP contribution is -2.46. The van der Waals surface area contributed by atoms with E-state index in [1.165, 1.54) is 0 Å². The third-order valence-corrected chi connectivity index (χ3v) is 14.3. The first-order valence-corrected chi connectivity index (χ1v) is 25.5. The molecule has 12 heteroatoms. The van der Waals surface area contributed by atoms with Crippen molar-refractivity contribution in [3.05, 3.63) is 196 Å². The van der Waals surface area contributed by atoms with Gasteiger partial charge < -0.3 is 30.7 Å². The van der Waals surface area contributed by atoms with E-state index in [0.29, 0.717) is 36.7 Å². The van der Waals surface area contributed by atoms with Gasteiger partial charge in [0.2, 0.25) is 35.4 Å². The van der Waals surface area contributed by atoms with Gasteiger partial charge in [0.05, 0.1) is 36.7 Å². The highest BCUT2D eigenvalue weighted by Crippen LogP contribution is 2.35. The second kappa shape index (κ2) is 22.7. The molecule has 3 N–H and O–H groups in total. The highest BCUT2D eigenvalue weighted by atomic mass is 16.2. The van der Waals surface area contributed by atoms with Crippen molar-refractivity contribution in [2.75, 3.05) is 34.3 Å². The van der Waals surface area contributed by atoms with Crippen LogP contribution >= 0.6 is 0 Å². The van der Waals surface area contributed by atoms with Crippen molar-refractivity contribution < 1.29 is 28.8 Å². The van der Waals surface area contributed by atoms with E-state index in [1.807, 2.05) is 146 Å². The van der Waals surface area contributed by atoms with E-state index in [9.17, 15) is 28.8 Å². The first-order chi connectivity index (χ1) is 36.7. The molecule has 3 aliphatic heterocycles. The van der Waals surface area contributed by atoms with Crippen molar-refractivity contribution >= 4 is 52.5 Å². The Balaban J connectivity index is 0.808. The van der Waals surface area contributed by atoms with E-state index in [-0.39, 0.29) is 93.6 Å². The summed E-state index contributed by atoms with van der Waals surface area (Å²) in [5.41, 5.74) is 9.48. The second-order valence-electron chi connectivity index (χ2n) is 19.1. The van der Waals surface area contributed by atoms with E-state index in [4.69, 9.17) is 0 Å². The molecule has 3 heterocycles. The van der Waals surface area contributed by atoms with Gasteiger partial charge in [-0.05, 0) is 90.6 Å². The summed E-state index contributed by atoms with van der Waals surface area (Å²) in [5, 5.41) is 8.86. The van der Waals surface area contributed by atoms with Crippen LogP contribution in [0, 0.1) is 53.3 Å². The molecule has 0 saturated heterocycles. The van der Waals surface area contributed by atoms with Crippen molar-refractivity contribution in [1.29, 1.82) is 0 Å². The molecule has 0 spiro atoms. The minimum atomic E-state index is -0.745. The van der Waals surface area contributed by atoms with Crippen LogP contribution in [0.25, 0.3) is 0 Å². The summed E-state index contributed by atoms with van der Waals surface area (Å²) < 4.78 is 0. The maximum absolute atomic E-state index is 14.2. The lowest BCUT2D eigenvalue weighted by molar-refractivity contribution is -0.134. The van der Waals surface area contributed by atoms with Crippen molar-refractivity contribution in [2.24, 2.45) is 17.8 Å². The van der Waals surface area contributed by atoms with Crippen molar-refractivity contribution in [2.45, 2.75) is 58.2 Å². The standard InChI is InChI=1S/C63H54N6O6/c70-58(67-40-49-19-4-1-13-43(49)25-28-46-16-7-10-22-55(46)67)31-34-64-61(73)52-37-53(62(74)65-35-32-59(71)68-41-50-20-5-2-14-44(50)26-29-47-17-8-11-23-56(47)68)39-54(38-52)63(75)66-36-33-60(72)69-42-51-21-6-3-15-45(51)27-30-48-18-9-12-24-57(48)69/h1-24,52-54H,31-42H2,(H,64,73)(H,65,74)(H,66,75). The van der Waals surface area contributed by atoms with Gasteiger partial charge in [-0.25, -0.2) is 0 Å². The Hall–Kier alpha value is -9.18. The van der Waals surface area contributed by atoms with Gasteiger partial charge in [-0.3, -0.25) is 28.8 Å². The third-order valence-electron chi connectivity index (χ3n) is 14.3. The number of benzene rings is 6. The maximum atomic E-state index is 14.2. The number of carbonyl (C=O) groups excluding carboxylic acids is 6. The van der Waals surface area contributed by atoms with Gasteiger partial charge in [0, 0.05) is 90.0 Å². The molecule has 1 fully saturated rings. The molecule has 12 nitrogen and oxygen atoms in total. The van der Waals surface area contributed by atoms with E-state index >= 15 is 0 Å². The van der Waals surface area contributed by atoms with Gasteiger partial charge in [-0.15, -0.1) is 0 Å². The second-order valence-corrected chi connectivity index (χ2v) is 19.1. The van der Waals surface area contributed by atoms with E-state index in [2.05, 4.69) is 51.5 Å². The van der Waals surface area contributed by atoms with Gasteiger partial charge in [0.15, 0.2) is 0 Å². The fourth-order valence-electron chi connectivity index (χ4n) is 10.3. The predicted octanol–water partition coefficient (Wildman–Crippen LogP) is 7.38. The fourth-order valence-corrected chi connectivity index (χ4v) is 10.3. The van der Waals surface area contributed by atoms with Crippen LogP contribution in [0.2, 0.25) is 0 Å². The average molecular weight is 991 g/mol. The van der Waals surface area contributed by atoms with Crippen molar-refractivity contribution in [3.8, 4) is 35.5 Å². The van der Waals surface area contributed by atoms with Gasteiger partial charge in [0.1, 0.15) is 0 Å². The number of hydrogen-bond acceptors (Lipinski definition) is 6. The molecule has 75 heavy (non-hydrogen) atoms. The summed E-state index contributed by atoms with van der Waals surface area (Å²) >= 11 is 0. The maximum Gasteiger partial charge on any atom is 0.229 e. The number of anilines is 3. The number of amides is 6. The molecular formula is C63H54N6O6. The molecule has 6 aromatic rings. The normalized spacial score (nSPS) is 16.6. The summed E-state index contributed by atoms with van der Waals surface area (Å²) in [6.07, 6.45) is 0.464. The minimum Gasteiger partial charge on any atom is -0.355 e. The van der Waals surface area contributed by atoms with Crippen molar-refractivity contribution in [3.63, 3.8) is 0 Å². The van der Waals surface area contributed by atoms with Gasteiger partial charge in [-0.1, -0.05) is 127 Å². The summed E-state index contributed by atoms with van der Waals surface area (Å²) in [7, 11) is 0. The molecule has 0 unspecified atom stereocenters. The Labute approximate surface area is 436 Å². The van der Waals surface area contributed by atoms with E-state index in [0.717, 1.165) is 50.1 Å². The molecule has 6 aromatic carbocycles. The van der Waals surface area contributed by atoms with E-state index < -0.39 is 17.8 Å². The number of fused-ring (bicyclic) bond motifs is 6. The molecule has 0 aromatic heterocycles. The molecule has 10 rings (SSSR count). The molecule has 0 bridgehead atoms. The lowest BCUT2D eigenvalue weighted by atomic mass is 9.74. The number of rotatable bonds is 12. The Morgan fingerprint density at radius 3 is 0.880 bits per heavy atom. The summed E-state index contributed by atoms with van der Waals surface area (Å²) in [6.45, 7) is 1.02. The van der Waals surface area contributed by atoms with Crippen LogP contribution in [-0.4, -0.2) is 55.1 Å². The molecular weight excluding hydrogens is 937 g/mol. The van der Waals surface area contributed by atoms with Gasteiger partial charge >= 0.3 is 0 Å². The molecule has 1 aliphatic carbocycles. The zero-order valence-corrected chi connectivity index (χ0v) is 41.4. The van der Waals surface area contributed by atoms with Crippen LogP contribution < -0.4 is 30.7 Å². The molecule has 0 atom stereocenters. The van der Waals surface area contributed by atoms with Gasteiger partial charge in [0.25, 0.3) is 0 Å².